The van der Waals surface area contributed by atoms with Crippen LogP contribution in [-0.4, -0.2) is 6.04 Å². The maximum absolute atomic E-state index is 6.02. The zero-order chi connectivity index (χ0) is 14.7. The van der Waals surface area contributed by atoms with Crippen LogP contribution in [0.15, 0.2) is 40.9 Å². The van der Waals surface area contributed by atoms with Gasteiger partial charge in [-0.05, 0) is 67.8 Å². The molecule has 0 aliphatic heterocycles. The molecule has 0 aliphatic carbocycles. The Balaban J connectivity index is 2.32. The van der Waals surface area contributed by atoms with Gasteiger partial charge in [0.2, 0.25) is 0 Å². The SMILES string of the molecule is Cc1cc(Cl)ccc1Oc1ccc(Br)cc1CC(C)N. The Morgan fingerprint density at radius 2 is 1.90 bits per heavy atom. The molecule has 0 aliphatic rings. The van der Waals surface area contributed by atoms with Crippen molar-refractivity contribution < 1.29 is 4.74 Å². The lowest BCUT2D eigenvalue weighted by Gasteiger charge is -2.15. The lowest BCUT2D eigenvalue weighted by molar-refractivity contribution is 0.470. The van der Waals surface area contributed by atoms with E-state index in [9.17, 15) is 0 Å². The van der Waals surface area contributed by atoms with Crippen molar-refractivity contribution in [2.45, 2.75) is 26.3 Å². The van der Waals surface area contributed by atoms with Crippen LogP contribution < -0.4 is 10.5 Å². The summed E-state index contributed by atoms with van der Waals surface area (Å²) in [5.41, 5.74) is 7.99. The quantitative estimate of drug-likeness (QED) is 0.829. The topological polar surface area (TPSA) is 35.2 Å². The molecule has 2 N–H and O–H groups in total. The fourth-order valence-electron chi connectivity index (χ4n) is 2.00. The van der Waals surface area contributed by atoms with E-state index < -0.39 is 0 Å². The minimum atomic E-state index is 0.0814. The molecular weight excluding hydrogens is 338 g/mol. The van der Waals surface area contributed by atoms with Gasteiger partial charge < -0.3 is 10.5 Å². The molecule has 0 aromatic heterocycles. The summed E-state index contributed by atoms with van der Waals surface area (Å²) in [4.78, 5) is 0. The third kappa shape index (κ3) is 3.98. The molecule has 0 heterocycles. The van der Waals surface area contributed by atoms with Crippen LogP contribution in [0.3, 0.4) is 0 Å². The molecule has 0 radical (unpaired) electrons. The van der Waals surface area contributed by atoms with E-state index in [4.69, 9.17) is 22.1 Å². The van der Waals surface area contributed by atoms with Gasteiger partial charge in [0, 0.05) is 15.5 Å². The van der Waals surface area contributed by atoms with E-state index in [1.54, 1.807) is 0 Å². The van der Waals surface area contributed by atoms with E-state index in [-0.39, 0.29) is 6.04 Å². The molecule has 1 unspecified atom stereocenters. The summed E-state index contributed by atoms with van der Waals surface area (Å²) in [7, 11) is 0. The summed E-state index contributed by atoms with van der Waals surface area (Å²) >= 11 is 9.44. The van der Waals surface area contributed by atoms with Gasteiger partial charge in [0.05, 0.1) is 0 Å². The summed E-state index contributed by atoms with van der Waals surface area (Å²) in [5.74, 6) is 1.64. The van der Waals surface area contributed by atoms with Crippen molar-refractivity contribution in [1.29, 1.82) is 0 Å². The third-order valence-electron chi connectivity index (χ3n) is 2.92. The number of benzene rings is 2. The second-order valence-corrected chi connectivity index (χ2v) is 6.30. The monoisotopic (exact) mass is 353 g/mol. The second-order valence-electron chi connectivity index (χ2n) is 4.95. The maximum atomic E-state index is 6.02. The van der Waals surface area contributed by atoms with Crippen molar-refractivity contribution in [3.8, 4) is 11.5 Å². The summed E-state index contributed by atoms with van der Waals surface area (Å²) in [6.45, 7) is 3.96. The highest BCUT2D eigenvalue weighted by Crippen LogP contribution is 2.31. The van der Waals surface area contributed by atoms with Gasteiger partial charge in [0.15, 0.2) is 0 Å². The van der Waals surface area contributed by atoms with Gasteiger partial charge in [-0.2, -0.15) is 0 Å². The first kappa shape index (κ1) is 15.4. The fourth-order valence-corrected chi connectivity index (χ4v) is 2.63. The van der Waals surface area contributed by atoms with Gasteiger partial charge in [0.25, 0.3) is 0 Å². The molecular formula is C16H17BrClNO. The molecule has 106 valence electrons. The zero-order valence-corrected chi connectivity index (χ0v) is 13.8. The lowest BCUT2D eigenvalue weighted by atomic mass is 10.1. The van der Waals surface area contributed by atoms with E-state index in [1.807, 2.05) is 50.2 Å². The van der Waals surface area contributed by atoms with Crippen LogP contribution in [0.25, 0.3) is 0 Å². The predicted octanol–water partition coefficient (Wildman–Crippen LogP) is 5.09. The highest BCUT2D eigenvalue weighted by molar-refractivity contribution is 9.10. The van der Waals surface area contributed by atoms with Gasteiger partial charge in [-0.1, -0.05) is 27.5 Å². The van der Waals surface area contributed by atoms with E-state index in [1.165, 1.54) is 0 Å². The molecule has 2 nitrogen and oxygen atoms in total. The van der Waals surface area contributed by atoms with Gasteiger partial charge >= 0.3 is 0 Å². The Hall–Kier alpha value is -1.03. The normalized spacial score (nSPS) is 12.2. The van der Waals surface area contributed by atoms with Crippen LogP contribution in [0.5, 0.6) is 11.5 Å². The first-order chi connectivity index (χ1) is 9.45. The zero-order valence-electron chi connectivity index (χ0n) is 11.5. The largest absolute Gasteiger partial charge is 0.457 e. The van der Waals surface area contributed by atoms with E-state index >= 15 is 0 Å². The van der Waals surface area contributed by atoms with Crippen molar-refractivity contribution in [1.82, 2.24) is 0 Å². The van der Waals surface area contributed by atoms with Gasteiger partial charge in [-0.15, -0.1) is 0 Å². The van der Waals surface area contributed by atoms with Crippen molar-refractivity contribution in [2.75, 3.05) is 0 Å². The van der Waals surface area contributed by atoms with Crippen LogP contribution in [0, 0.1) is 6.92 Å². The molecule has 4 heteroatoms. The Bertz CT molecular complexity index is 613. The van der Waals surface area contributed by atoms with Crippen molar-refractivity contribution in [3.05, 3.63) is 57.0 Å². The summed E-state index contributed by atoms with van der Waals surface area (Å²) in [6.07, 6.45) is 0.765. The van der Waals surface area contributed by atoms with Crippen molar-refractivity contribution >= 4 is 27.5 Å². The highest BCUT2D eigenvalue weighted by Gasteiger charge is 2.09. The van der Waals surface area contributed by atoms with Crippen molar-refractivity contribution in [2.24, 2.45) is 5.73 Å². The van der Waals surface area contributed by atoms with E-state index in [0.717, 1.165) is 33.5 Å². The molecule has 0 bridgehead atoms. The molecule has 1 atom stereocenters. The first-order valence-electron chi connectivity index (χ1n) is 6.43. The number of hydrogen-bond acceptors (Lipinski definition) is 2. The Morgan fingerprint density at radius 1 is 1.20 bits per heavy atom. The first-order valence-corrected chi connectivity index (χ1v) is 7.61. The summed E-state index contributed by atoms with van der Waals surface area (Å²) in [6, 6.07) is 11.6. The van der Waals surface area contributed by atoms with E-state index in [2.05, 4.69) is 15.9 Å². The van der Waals surface area contributed by atoms with Crippen molar-refractivity contribution in [3.63, 3.8) is 0 Å². The van der Waals surface area contributed by atoms with Crippen LogP contribution in [0.4, 0.5) is 0 Å². The molecule has 0 saturated carbocycles. The number of rotatable bonds is 4. The highest BCUT2D eigenvalue weighted by atomic mass is 79.9. The minimum absolute atomic E-state index is 0.0814. The molecule has 0 fully saturated rings. The van der Waals surface area contributed by atoms with Crippen LogP contribution in [0.2, 0.25) is 5.02 Å². The standard InChI is InChI=1S/C16H17BrClNO/c1-10-7-14(18)4-6-15(10)20-16-5-3-13(17)9-12(16)8-11(2)19/h3-7,9,11H,8,19H2,1-2H3. The van der Waals surface area contributed by atoms with Crippen LogP contribution in [-0.2, 0) is 6.42 Å². The Labute approximate surface area is 133 Å². The van der Waals surface area contributed by atoms with Gasteiger partial charge in [-0.25, -0.2) is 0 Å². The smallest absolute Gasteiger partial charge is 0.130 e. The number of halogens is 2. The second kappa shape index (κ2) is 6.61. The third-order valence-corrected chi connectivity index (χ3v) is 3.65. The molecule has 2 aromatic carbocycles. The summed E-state index contributed by atoms with van der Waals surface area (Å²) in [5, 5.41) is 0.710. The lowest BCUT2D eigenvalue weighted by Crippen LogP contribution is -2.18. The Morgan fingerprint density at radius 3 is 2.55 bits per heavy atom. The molecule has 20 heavy (non-hydrogen) atoms. The van der Waals surface area contributed by atoms with Crippen LogP contribution >= 0.6 is 27.5 Å². The fraction of sp³-hybridized carbons (Fsp3) is 0.250. The van der Waals surface area contributed by atoms with Gasteiger partial charge in [-0.3, -0.25) is 0 Å². The average Bonchev–Trinajstić information content (AvgIpc) is 2.34. The molecule has 2 rings (SSSR count). The van der Waals surface area contributed by atoms with Crippen LogP contribution in [0.1, 0.15) is 18.1 Å². The number of aryl methyl sites for hydroxylation is 1. The minimum Gasteiger partial charge on any atom is -0.457 e. The maximum Gasteiger partial charge on any atom is 0.130 e. The van der Waals surface area contributed by atoms with Gasteiger partial charge in [0.1, 0.15) is 11.5 Å². The molecule has 0 saturated heterocycles. The number of hydrogen-bond donors (Lipinski definition) is 1. The molecule has 2 aromatic rings. The average molecular weight is 355 g/mol. The van der Waals surface area contributed by atoms with E-state index in [0.29, 0.717) is 5.02 Å². The number of ether oxygens (including phenoxy) is 1. The Kier molecular flexibility index (Phi) is 5.08. The molecule has 0 amide bonds. The molecule has 0 spiro atoms. The predicted molar refractivity (Wildman–Crippen MR) is 87.8 cm³/mol. The number of nitrogens with two attached hydrogens (primary N) is 1. The summed E-state index contributed by atoms with van der Waals surface area (Å²) < 4.78 is 7.04.